The number of tetrazole rings is 1. The minimum absolute atomic E-state index is 0.147. The van der Waals surface area contributed by atoms with Crippen molar-refractivity contribution in [3.8, 4) is 0 Å². The molecule has 1 amide bonds. The Kier molecular flexibility index (Phi) is 4.34. The first kappa shape index (κ1) is 16.6. The quantitative estimate of drug-likeness (QED) is 0.716. The van der Waals surface area contributed by atoms with Crippen LogP contribution in [0.3, 0.4) is 0 Å². The molecule has 0 bridgehead atoms. The predicted octanol–water partition coefficient (Wildman–Crippen LogP) is 3.39. The third kappa shape index (κ3) is 3.03. The molecule has 0 saturated carbocycles. The Hall–Kier alpha value is -2.87. The van der Waals surface area contributed by atoms with Gasteiger partial charge in [-0.1, -0.05) is 51.4 Å². The van der Waals surface area contributed by atoms with Crippen molar-refractivity contribution in [1.82, 2.24) is 20.2 Å². The maximum atomic E-state index is 13.1. The molecule has 130 valence electrons. The van der Waals surface area contributed by atoms with E-state index in [1.54, 1.807) is 4.68 Å². The van der Waals surface area contributed by atoms with Gasteiger partial charge in [-0.3, -0.25) is 4.79 Å². The largest absolute Gasteiger partial charge is 0.325 e. The molecule has 0 aliphatic carbocycles. The first-order valence-corrected chi connectivity index (χ1v) is 8.87. The summed E-state index contributed by atoms with van der Waals surface area (Å²) in [5.74, 6) is -0.266. The molecule has 0 fully saturated rings. The lowest BCUT2D eigenvalue weighted by Crippen LogP contribution is -2.39. The van der Waals surface area contributed by atoms with Gasteiger partial charge in [0.2, 0.25) is 5.91 Å². The smallest absolute Gasteiger partial charge is 0.269 e. The molecule has 1 N–H and O–H groups in total. The van der Waals surface area contributed by atoms with E-state index in [9.17, 15) is 4.79 Å². The van der Waals surface area contributed by atoms with E-state index in [1.807, 2.05) is 61.5 Å². The van der Waals surface area contributed by atoms with Crippen LogP contribution in [0.15, 0.2) is 64.1 Å². The van der Waals surface area contributed by atoms with Crippen molar-refractivity contribution in [3.05, 3.63) is 64.6 Å². The summed E-state index contributed by atoms with van der Waals surface area (Å²) in [4.78, 5) is 17.5. The highest BCUT2D eigenvalue weighted by atomic mass is 79.9. The van der Waals surface area contributed by atoms with E-state index in [2.05, 4.69) is 41.8 Å². The minimum atomic E-state index is -0.521. The number of nitrogens with one attached hydrogen (secondary N) is 1. The number of nitrogens with zero attached hydrogens (tertiary/aromatic N) is 5. The van der Waals surface area contributed by atoms with Crippen LogP contribution in [0.4, 0.5) is 11.6 Å². The lowest BCUT2D eigenvalue weighted by Gasteiger charge is -2.29. The molecule has 3 aromatic rings. The third-order valence-electron chi connectivity index (χ3n) is 4.32. The van der Waals surface area contributed by atoms with Gasteiger partial charge in [0.25, 0.3) is 5.95 Å². The molecule has 7 nitrogen and oxygen atoms in total. The van der Waals surface area contributed by atoms with E-state index < -0.39 is 5.92 Å². The maximum absolute atomic E-state index is 13.1. The molecule has 2 heterocycles. The molecule has 2 aromatic carbocycles. The van der Waals surface area contributed by atoms with E-state index >= 15 is 0 Å². The fourth-order valence-corrected chi connectivity index (χ4v) is 3.37. The number of amides is 1. The van der Waals surface area contributed by atoms with Crippen LogP contribution in [0.5, 0.6) is 0 Å². The van der Waals surface area contributed by atoms with Gasteiger partial charge in [0, 0.05) is 15.9 Å². The Morgan fingerprint density at radius 2 is 1.85 bits per heavy atom. The first-order valence-electron chi connectivity index (χ1n) is 8.08. The molecule has 2 atom stereocenters. The first-order chi connectivity index (χ1) is 12.6. The van der Waals surface area contributed by atoms with Crippen LogP contribution in [-0.4, -0.2) is 31.8 Å². The zero-order valence-electron chi connectivity index (χ0n) is 13.9. The topological polar surface area (TPSA) is 85.1 Å². The number of carbonyl (C=O) groups is 1. The van der Waals surface area contributed by atoms with Gasteiger partial charge < -0.3 is 5.32 Å². The summed E-state index contributed by atoms with van der Waals surface area (Å²) in [5.41, 5.74) is 2.35. The number of hydrogen-bond donors (Lipinski definition) is 1. The summed E-state index contributed by atoms with van der Waals surface area (Å²) in [6, 6.07) is 16.8. The zero-order valence-corrected chi connectivity index (χ0v) is 15.5. The van der Waals surface area contributed by atoms with Gasteiger partial charge >= 0.3 is 0 Å². The molecule has 0 saturated heterocycles. The summed E-state index contributed by atoms with van der Waals surface area (Å²) >= 11 is 3.44. The average Bonchev–Trinajstić information content (AvgIpc) is 3.10. The second-order valence-electron chi connectivity index (χ2n) is 6.01. The van der Waals surface area contributed by atoms with Crippen LogP contribution in [0, 0.1) is 5.92 Å². The Balaban J connectivity index is 1.75. The van der Waals surface area contributed by atoms with Crippen LogP contribution in [0.1, 0.15) is 18.5 Å². The van der Waals surface area contributed by atoms with Gasteiger partial charge in [-0.2, -0.15) is 0 Å². The molecule has 1 aliphatic heterocycles. The van der Waals surface area contributed by atoms with Crippen LogP contribution < -0.4 is 5.32 Å². The minimum Gasteiger partial charge on any atom is -0.325 e. The second-order valence-corrected chi connectivity index (χ2v) is 6.92. The molecule has 2 unspecified atom stereocenters. The number of anilines is 1. The highest BCUT2D eigenvalue weighted by Crippen LogP contribution is 2.35. The molecule has 0 radical (unpaired) electrons. The summed E-state index contributed by atoms with van der Waals surface area (Å²) in [6.45, 7) is 1.83. The van der Waals surface area contributed by atoms with Gasteiger partial charge in [0.15, 0.2) is 0 Å². The lowest BCUT2D eigenvalue weighted by atomic mass is 9.87. The third-order valence-corrected chi connectivity index (χ3v) is 4.85. The fraction of sp³-hybridized carbons (Fsp3) is 0.167. The summed E-state index contributed by atoms with van der Waals surface area (Å²) in [6.07, 6.45) is 0. The van der Waals surface area contributed by atoms with Crippen molar-refractivity contribution in [2.45, 2.75) is 13.0 Å². The number of para-hydroxylation sites is 1. The van der Waals surface area contributed by atoms with Crippen molar-refractivity contribution in [2.24, 2.45) is 10.9 Å². The molecule has 1 aromatic heterocycles. The van der Waals surface area contributed by atoms with Crippen LogP contribution >= 0.6 is 15.9 Å². The number of rotatable bonds is 3. The predicted molar refractivity (Wildman–Crippen MR) is 101 cm³/mol. The average molecular weight is 411 g/mol. The van der Waals surface area contributed by atoms with Gasteiger partial charge in [-0.05, 0) is 47.2 Å². The summed E-state index contributed by atoms with van der Waals surface area (Å²) < 4.78 is 2.57. The van der Waals surface area contributed by atoms with Gasteiger partial charge in [0.05, 0.1) is 6.04 Å². The number of aromatic nitrogens is 4. The SMILES string of the molecule is CC1=Nc2nnnn2C(c2ccc(Br)cc2)C1C(=O)Nc1ccccc1. The van der Waals surface area contributed by atoms with Crippen LogP contribution in [-0.2, 0) is 4.79 Å². The van der Waals surface area contributed by atoms with Gasteiger partial charge in [0.1, 0.15) is 5.92 Å². The van der Waals surface area contributed by atoms with E-state index in [-0.39, 0.29) is 11.9 Å². The molecular formula is C18H15BrN6O. The molecule has 1 aliphatic rings. The van der Waals surface area contributed by atoms with E-state index in [0.717, 1.165) is 15.7 Å². The van der Waals surface area contributed by atoms with E-state index in [1.165, 1.54) is 0 Å². The Morgan fingerprint density at radius 1 is 1.12 bits per heavy atom. The van der Waals surface area contributed by atoms with Crippen molar-refractivity contribution in [1.29, 1.82) is 0 Å². The van der Waals surface area contributed by atoms with Crippen molar-refractivity contribution >= 4 is 39.2 Å². The van der Waals surface area contributed by atoms with Crippen molar-refractivity contribution in [3.63, 3.8) is 0 Å². The number of hydrogen-bond acceptors (Lipinski definition) is 5. The highest BCUT2D eigenvalue weighted by Gasteiger charge is 2.39. The Labute approximate surface area is 158 Å². The number of halogens is 1. The summed E-state index contributed by atoms with van der Waals surface area (Å²) in [5, 5.41) is 14.7. The molecule has 4 rings (SSSR count). The lowest BCUT2D eigenvalue weighted by molar-refractivity contribution is -0.118. The molecule has 8 heteroatoms. The van der Waals surface area contributed by atoms with Gasteiger partial charge in [-0.15, -0.1) is 0 Å². The normalized spacial score (nSPS) is 18.8. The van der Waals surface area contributed by atoms with Crippen LogP contribution in [0.25, 0.3) is 0 Å². The number of fused-ring (bicyclic) bond motifs is 1. The van der Waals surface area contributed by atoms with Crippen molar-refractivity contribution < 1.29 is 4.79 Å². The molecule has 26 heavy (non-hydrogen) atoms. The Bertz CT molecular complexity index is 967. The fourth-order valence-electron chi connectivity index (χ4n) is 3.11. The number of carbonyl (C=O) groups excluding carboxylic acids is 1. The number of aliphatic imine (C=N–C) groups is 1. The van der Waals surface area contributed by atoms with E-state index in [4.69, 9.17) is 0 Å². The van der Waals surface area contributed by atoms with Crippen LogP contribution in [0.2, 0.25) is 0 Å². The second kappa shape index (κ2) is 6.80. The maximum Gasteiger partial charge on any atom is 0.269 e. The highest BCUT2D eigenvalue weighted by molar-refractivity contribution is 9.10. The molecular weight excluding hydrogens is 396 g/mol. The molecule has 0 spiro atoms. The monoisotopic (exact) mass is 410 g/mol. The number of benzene rings is 2. The zero-order chi connectivity index (χ0) is 18.1. The van der Waals surface area contributed by atoms with Crippen molar-refractivity contribution in [2.75, 3.05) is 5.32 Å². The van der Waals surface area contributed by atoms with E-state index in [0.29, 0.717) is 11.7 Å². The Morgan fingerprint density at radius 3 is 2.58 bits per heavy atom. The van der Waals surface area contributed by atoms with Gasteiger partial charge in [-0.25, -0.2) is 9.67 Å². The standard InChI is InChI=1S/C18H15BrN6O/c1-11-15(17(26)21-14-5-3-2-4-6-14)16(12-7-9-13(19)10-8-12)25-18(20-11)22-23-24-25/h2-10,15-16H,1H3,(H,21,26). The summed E-state index contributed by atoms with van der Waals surface area (Å²) in [7, 11) is 0.